The van der Waals surface area contributed by atoms with Gasteiger partial charge < -0.3 is 14.6 Å². The molecule has 2 rings (SSSR count). The van der Waals surface area contributed by atoms with E-state index in [-0.39, 0.29) is 12.9 Å². The maximum atomic E-state index is 9.22. The van der Waals surface area contributed by atoms with Crippen LogP contribution < -0.4 is 0 Å². The van der Waals surface area contributed by atoms with E-state index in [4.69, 9.17) is 9.47 Å². The van der Waals surface area contributed by atoms with Gasteiger partial charge in [-0.3, -0.25) is 0 Å². The van der Waals surface area contributed by atoms with E-state index in [2.05, 4.69) is 11.8 Å². The largest absolute Gasteiger partial charge is 0.392 e. The second kappa shape index (κ2) is 9.57. The van der Waals surface area contributed by atoms with Crippen molar-refractivity contribution < 1.29 is 14.6 Å². The first-order chi connectivity index (χ1) is 10.4. The summed E-state index contributed by atoms with van der Waals surface area (Å²) in [6.07, 6.45) is 6.30. The number of aliphatic hydroxyl groups excluding tert-OH is 1. The highest BCUT2D eigenvalue weighted by atomic mass is 16.7. The van der Waals surface area contributed by atoms with Crippen molar-refractivity contribution in [3.8, 4) is 11.8 Å². The summed E-state index contributed by atoms with van der Waals surface area (Å²) in [5.41, 5.74) is 1.81. The Morgan fingerprint density at radius 2 is 2.14 bits per heavy atom. The van der Waals surface area contributed by atoms with Gasteiger partial charge in [-0.05, 0) is 43.7 Å². The molecule has 1 atom stereocenters. The molecule has 1 N–H and O–H groups in total. The van der Waals surface area contributed by atoms with Crippen LogP contribution in [0.2, 0.25) is 0 Å². The van der Waals surface area contributed by atoms with Crippen molar-refractivity contribution in [1.29, 1.82) is 0 Å². The molecule has 1 aromatic carbocycles. The van der Waals surface area contributed by atoms with Crippen LogP contribution in [0.5, 0.6) is 0 Å². The predicted octanol–water partition coefficient (Wildman–Crippen LogP) is 3.24. The molecule has 21 heavy (non-hydrogen) atoms. The molecule has 1 aromatic rings. The highest BCUT2D eigenvalue weighted by Crippen LogP contribution is 2.14. The third kappa shape index (κ3) is 5.89. The lowest BCUT2D eigenvalue weighted by atomic mass is 10.1. The smallest absolute Gasteiger partial charge is 0.157 e. The van der Waals surface area contributed by atoms with Gasteiger partial charge in [0.25, 0.3) is 0 Å². The van der Waals surface area contributed by atoms with Crippen molar-refractivity contribution in [3.05, 3.63) is 35.4 Å². The quantitative estimate of drug-likeness (QED) is 0.645. The minimum Gasteiger partial charge on any atom is -0.392 e. The standard InChI is InChI=1S/C18H24O3/c19-15-17-11-5-4-10-16(17)9-3-1-2-7-13-20-18-12-6-8-14-21-18/h4-5,10-11,18-19H,1-2,6-8,12-15H2. The van der Waals surface area contributed by atoms with Gasteiger partial charge in [0, 0.05) is 25.2 Å². The number of benzene rings is 1. The molecule has 3 nitrogen and oxygen atoms in total. The Kier molecular flexibility index (Phi) is 7.31. The Labute approximate surface area is 127 Å². The third-order valence-electron chi connectivity index (χ3n) is 3.55. The van der Waals surface area contributed by atoms with E-state index in [1.54, 1.807) is 0 Å². The summed E-state index contributed by atoms with van der Waals surface area (Å²) in [6, 6.07) is 7.71. The second-order valence-electron chi connectivity index (χ2n) is 5.24. The van der Waals surface area contributed by atoms with Crippen molar-refractivity contribution in [3.63, 3.8) is 0 Å². The highest BCUT2D eigenvalue weighted by molar-refractivity contribution is 5.40. The zero-order chi connectivity index (χ0) is 14.8. The Bertz CT molecular complexity index is 467. The van der Waals surface area contributed by atoms with Crippen LogP contribution in [0.25, 0.3) is 0 Å². The maximum Gasteiger partial charge on any atom is 0.157 e. The molecule has 1 unspecified atom stereocenters. The van der Waals surface area contributed by atoms with Gasteiger partial charge in [0.1, 0.15) is 0 Å². The summed E-state index contributed by atoms with van der Waals surface area (Å²) in [4.78, 5) is 0. The topological polar surface area (TPSA) is 38.7 Å². The number of unbranched alkanes of at least 4 members (excludes halogenated alkanes) is 2. The fraction of sp³-hybridized carbons (Fsp3) is 0.556. The maximum absolute atomic E-state index is 9.22. The average Bonchev–Trinajstić information content (AvgIpc) is 2.55. The van der Waals surface area contributed by atoms with Crippen LogP contribution in [0.4, 0.5) is 0 Å². The molecular formula is C18H24O3. The lowest BCUT2D eigenvalue weighted by Gasteiger charge is -2.22. The zero-order valence-corrected chi connectivity index (χ0v) is 12.5. The molecule has 0 aliphatic carbocycles. The Hall–Kier alpha value is -1.34. The number of hydrogen-bond acceptors (Lipinski definition) is 3. The second-order valence-corrected chi connectivity index (χ2v) is 5.24. The van der Waals surface area contributed by atoms with Gasteiger partial charge in [-0.25, -0.2) is 0 Å². The van der Waals surface area contributed by atoms with Gasteiger partial charge in [0.05, 0.1) is 6.61 Å². The fourth-order valence-electron chi connectivity index (χ4n) is 2.31. The van der Waals surface area contributed by atoms with Crippen LogP contribution in [0.3, 0.4) is 0 Å². The Morgan fingerprint density at radius 3 is 2.95 bits per heavy atom. The summed E-state index contributed by atoms with van der Waals surface area (Å²) >= 11 is 0. The molecule has 0 bridgehead atoms. The monoisotopic (exact) mass is 288 g/mol. The molecule has 0 spiro atoms. The average molecular weight is 288 g/mol. The lowest BCUT2D eigenvalue weighted by Crippen LogP contribution is -2.22. The van der Waals surface area contributed by atoms with Gasteiger partial charge in [0.15, 0.2) is 6.29 Å². The first kappa shape index (κ1) is 16.0. The van der Waals surface area contributed by atoms with E-state index < -0.39 is 0 Å². The van der Waals surface area contributed by atoms with Crippen LogP contribution in [0.15, 0.2) is 24.3 Å². The molecule has 114 valence electrons. The van der Waals surface area contributed by atoms with Crippen LogP contribution in [-0.4, -0.2) is 24.6 Å². The molecule has 1 fully saturated rings. The number of rotatable bonds is 6. The normalized spacial score (nSPS) is 18.0. The molecule has 1 aliphatic heterocycles. The SMILES string of the molecule is OCc1ccccc1C#CCCCCOC1CCCCO1. The third-order valence-corrected chi connectivity index (χ3v) is 3.55. The van der Waals surface area contributed by atoms with Crippen LogP contribution in [0.1, 0.15) is 49.7 Å². The van der Waals surface area contributed by atoms with Crippen LogP contribution in [0, 0.1) is 11.8 Å². The van der Waals surface area contributed by atoms with Gasteiger partial charge in [-0.2, -0.15) is 0 Å². The molecule has 1 saturated heterocycles. The number of ether oxygens (including phenoxy) is 2. The Balaban J connectivity index is 1.60. The molecule has 0 radical (unpaired) electrons. The lowest BCUT2D eigenvalue weighted by molar-refractivity contribution is -0.162. The molecule has 1 heterocycles. The van der Waals surface area contributed by atoms with Gasteiger partial charge in [-0.1, -0.05) is 30.0 Å². The number of hydrogen-bond donors (Lipinski definition) is 1. The summed E-state index contributed by atoms with van der Waals surface area (Å²) < 4.78 is 11.2. The van der Waals surface area contributed by atoms with Crippen molar-refractivity contribution >= 4 is 0 Å². The summed E-state index contributed by atoms with van der Waals surface area (Å²) in [5, 5.41) is 9.22. The van der Waals surface area contributed by atoms with E-state index >= 15 is 0 Å². The van der Waals surface area contributed by atoms with Crippen LogP contribution >= 0.6 is 0 Å². The molecular weight excluding hydrogens is 264 g/mol. The van der Waals surface area contributed by atoms with Crippen molar-refractivity contribution in [1.82, 2.24) is 0 Å². The van der Waals surface area contributed by atoms with Gasteiger partial charge in [-0.15, -0.1) is 0 Å². The highest BCUT2D eigenvalue weighted by Gasteiger charge is 2.12. The van der Waals surface area contributed by atoms with E-state index in [9.17, 15) is 5.11 Å². The molecule has 0 amide bonds. The summed E-state index contributed by atoms with van der Waals surface area (Å²) in [7, 11) is 0. The minimum atomic E-state index is 0.0151. The van der Waals surface area contributed by atoms with E-state index in [0.29, 0.717) is 0 Å². The van der Waals surface area contributed by atoms with Crippen LogP contribution in [-0.2, 0) is 16.1 Å². The Morgan fingerprint density at radius 1 is 1.24 bits per heavy atom. The molecule has 0 saturated carbocycles. The first-order valence-corrected chi connectivity index (χ1v) is 7.81. The number of aliphatic hydroxyl groups is 1. The van der Waals surface area contributed by atoms with E-state index in [1.807, 2.05) is 24.3 Å². The zero-order valence-electron chi connectivity index (χ0n) is 12.5. The molecule has 1 aliphatic rings. The summed E-state index contributed by atoms with van der Waals surface area (Å²) in [5.74, 6) is 6.30. The summed E-state index contributed by atoms with van der Waals surface area (Å²) in [6.45, 7) is 1.63. The fourth-order valence-corrected chi connectivity index (χ4v) is 2.31. The van der Waals surface area contributed by atoms with E-state index in [1.165, 1.54) is 6.42 Å². The predicted molar refractivity (Wildman–Crippen MR) is 82.6 cm³/mol. The van der Waals surface area contributed by atoms with Crippen molar-refractivity contribution in [2.75, 3.05) is 13.2 Å². The molecule has 3 heteroatoms. The van der Waals surface area contributed by atoms with E-state index in [0.717, 1.165) is 56.4 Å². The van der Waals surface area contributed by atoms with Crippen molar-refractivity contribution in [2.45, 2.75) is 51.4 Å². The van der Waals surface area contributed by atoms with Gasteiger partial charge in [0.2, 0.25) is 0 Å². The van der Waals surface area contributed by atoms with Crippen molar-refractivity contribution in [2.24, 2.45) is 0 Å². The van der Waals surface area contributed by atoms with Gasteiger partial charge >= 0.3 is 0 Å². The first-order valence-electron chi connectivity index (χ1n) is 7.81. The minimum absolute atomic E-state index is 0.0151. The molecule has 0 aromatic heterocycles.